The fraction of sp³-hybridized carbons (Fsp3) is 0.143. The Kier molecular flexibility index (Phi) is 3.23. The molecule has 0 saturated carbocycles. The van der Waals surface area contributed by atoms with Gasteiger partial charge in [0.1, 0.15) is 11.4 Å². The third kappa shape index (κ3) is 1.93. The summed E-state index contributed by atoms with van der Waals surface area (Å²) in [5.41, 5.74) is -1.34. The standard InChI is InChI=1S/C7H3Cl2F2NO2/c8-4-3(7(10)11)2(13)1-12-5(4)6(9)14/h1,7,13H. The molecule has 14 heavy (non-hydrogen) atoms. The first-order valence-electron chi connectivity index (χ1n) is 3.30. The molecule has 1 N–H and O–H groups in total. The summed E-state index contributed by atoms with van der Waals surface area (Å²) in [6.45, 7) is 0. The lowest BCUT2D eigenvalue weighted by atomic mass is 10.2. The van der Waals surface area contributed by atoms with Crippen molar-refractivity contribution < 1.29 is 18.7 Å². The molecular weight excluding hydrogens is 239 g/mol. The van der Waals surface area contributed by atoms with Gasteiger partial charge >= 0.3 is 0 Å². The van der Waals surface area contributed by atoms with Gasteiger partial charge in [0.05, 0.1) is 16.8 Å². The van der Waals surface area contributed by atoms with E-state index in [-0.39, 0.29) is 0 Å². The fourth-order valence-electron chi connectivity index (χ4n) is 0.837. The second-order valence-corrected chi connectivity index (χ2v) is 3.02. The number of hydrogen-bond acceptors (Lipinski definition) is 3. The second kappa shape index (κ2) is 4.06. The summed E-state index contributed by atoms with van der Waals surface area (Å²) >= 11 is 10.4. The maximum absolute atomic E-state index is 12.3. The maximum atomic E-state index is 12.3. The molecule has 76 valence electrons. The number of alkyl halides is 2. The fourth-order valence-corrected chi connectivity index (χ4v) is 1.34. The molecule has 1 aromatic heterocycles. The van der Waals surface area contributed by atoms with Crippen molar-refractivity contribution in [2.75, 3.05) is 0 Å². The van der Waals surface area contributed by atoms with Gasteiger partial charge in [-0.15, -0.1) is 0 Å². The summed E-state index contributed by atoms with van der Waals surface area (Å²) < 4.78 is 24.6. The van der Waals surface area contributed by atoms with Crippen LogP contribution in [-0.2, 0) is 0 Å². The van der Waals surface area contributed by atoms with Gasteiger partial charge in [0, 0.05) is 0 Å². The molecule has 0 aliphatic carbocycles. The van der Waals surface area contributed by atoms with E-state index in [1.165, 1.54) is 0 Å². The van der Waals surface area contributed by atoms with Crippen molar-refractivity contribution in [1.82, 2.24) is 4.98 Å². The Labute approximate surface area is 87.3 Å². The molecule has 1 aromatic rings. The summed E-state index contributed by atoms with van der Waals surface area (Å²) in [7, 11) is 0. The number of rotatable bonds is 2. The van der Waals surface area contributed by atoms with Crippen LogP contribution in [0.1, 0.15) is 22.5 Å². The normalized spacial score (nSPS) is 10.6. The molecule has 0 atom stereocenters. The quantitative estimate of drug-likeness (QED) is 0.811. The molecule has 1 rings (SSSR count). The first-order valence-corrected chi connectivity index (χ1v) is 4.06. The highest BCUT2D eigenvalue weighted by Gasteiger charge is 2.23. The molecule has 0 bridgehead atoms. The molecule has 0 fully saturated rings. The van der Waals surface area contributed by atoms with Crippen molar-refractivity contribution in [3.8, 4) is 5.75 Å². The Morgan fingerprint density at radius 1 is 1.57 bits per heavy atom. The number of nitrogens with zero attached hydrogens (tertiary/aromatic N) is 1. The van der Waals surface area contributed by atoms with Crippen molar-refractivity contribution in [2.24, 2.45) is 0 Å². The molecular formula is C7H3Cl2F2NO2. The Balaban J connectivity index is 3.41. The van der Waals surface area contributed by atoms with E-state index in [4.69, 9.17) is 28.3 Å². The summed E-state index contributed by atoms with van der Waals surface area (Å²) in [6.07, 6.45) is -2.30. The first-order chi connectivity index (χ1) is 6.45. The zero-order valence-corrected chi connectivity index (χ0v) is 7.98. The highest BCUT2D eigenvalue weighted by atomic mass is 35.5. The average Bonchev–Trinajstić information content (AvgIpc) is 2.02. The minimum atomic E-state index is -3.00. The van der Waals surface area contributed by atoms with Crippen LogP contribution in [0, 0.1) is 0 Å². The molecule has 0 aliphatic rings. The largest absolute Gasteiger partial charge is 0.506 e. The number of halogens is 4. The molecule has 0 unspecified atom stereocenters. The molecule has 3 nitrogen and oxygen atoms in total. The van der Waals surface area contributed by atoms with Gasteiger partial charge < -0.3 is 5.11 Å². The van der Waals surface area contributed by atoms with Gasteiger partial charge in [0.15, 0.2) is 0 Å². The molecule has 0 aliphatic heterocycles. The van der Waals surface area contributed by atoms with Gasteiger partial charge in [-0.05, 0) is 11.6 Å². The van der Waals surface area contributed by atoms with Gasteiger partial charge in [-0.3, -0.25) is 4.79 Å². The number of carbonyl (C=O) groups is 1. The molecule has 0 aromatic carbocycles. The minimum absolute atomic E-state index is 0.499. The third-order valence-electron chi connectivity index (χ3n) is 1.44. The van der Waals surface area contributed by atoms with Crippen molar-refractivity contribution >= 4 is 28.4 Å². The zero-order valence-electron chi connectivity index (χ0n) is 6.47. The molecule has 0 radical (unpaired) electrons. The van der Waals surface area contributed by atoms with E-state index in [2.05, 4.69) is 4.98 Å². The van der Waals surface area contributed by atoms with E-state index in [1.54, 1.807) is 0 Å². The van der Waals surface area contributed by atoms with Gasteiger partial charge in [-0.25, -0.2) is 13.8 Å². The highest BCUT2D eigenvalue weighted by Crippen LogP contribution is 2.35. The first kappa shape index (κ1) is 11.1. The van der Waals surface area contributed by atoms with Gasteiger partial charge in [-0.1, -0.05) is 11.6 Å². The number of pyridine rings is 1. The second-order valence-electron chi connectivity index (χ2n) is 2.29. The molecule has 7 heteroatoms. The van der Waals surface area contributed by atoms with Crippen molar-refractivity contribution in [3.63, 3.8) is 0 Å². The lowest BCUT2D eigenvalue weighted by molar-refractivity contribution is 0.107. The molecule has 0 amide bonds. The topological polar surface area (TPSA) is 50.2 Å². The smallest absolute Gasteiger partial charge is 0.272 e. The SMILES string of the molecule is O=C(Cl)c1ncc(O)c(C(F)F)c1Cl. The summed E-state index contributed by atoms with van der Waals surface area (Å²) in [5, 5.41) is 7.30. The lowest BCUT2D eigenvalue weighted by Crippen LogP contribution is -1.99. The Morgan fingerprint density at radius 2 is 2.14 bits per heavy atom. The van der Waals surface area contributed by atoms with E-state index < -0.39 is 33.7 Å². The van der Waals surface area contributed by atoms with E-state index in [1.807, 2.05) is 0 Å². The van der Waals surface area contributed by atoms with Crippen molar-refractivity contribution in [1.29, 1.82) is 0 Å². The van der Waals surface area contributed by atoms with E-state index in [0.29, 0.717) is 6.20 Å². The van der Waals surface area contributed by atoms with E-state index in [9.17, 15) is 13.6 Å². The average molecular weight is 242 g/mol. The monoisotopic (exact) mass is 241 g/mol. The lowest BCUT2D eigenvalue weighted by Gasteiger charge is -2.06. The number of carbonyl (C=O) groups excluding carboxylic acids is 1. The van der Waals surface area contributed by atoms with Crippen molar-refractivity contribution in [3.05, 3.63) is 22.5 Å². The maximum Gasteiger partial charge on any atom is 0.272 e. The number of hydrogen-bond donors (Lipinski definition) is 1. The molecule has 0 saturated heterocycles. The van der Waals surface area contributed by atoms with E-state index in [0.717, 1.165) is 0 Å². The van der Waals surface area contributed by atoms with Crippen molar-refractivity contribution in [2.45, 2.75) is 6.43 Å². The molecule has 1 heterocycles. The minimum Gasteiger partial charge on any atom is -0.506 e. The third-order valence-corrected chi connectivity index (χ3v) is 2.00. The van der Waals surface area contributed by atoms with Crippen LogP contribution in [0.5, 0.6) is 5.75 Å². The van der Waals surface area contributed by atoms with Crippen LogP contribution in [0.15, 0.2) is 6.20 Å². The van der Waals surface area contributed by atoms with Crippen LogP contribution in [0.4, 0.5) is 8.78 Å². The summed E-state index contributed by atoms with van der Waals surface area (Å²) in [6, 6.07) is 0. The predicted octanol–water partition coefficient (Wildman–Crippen LogP) is 2.76. The van der Waals surface area contributed by atoms with Crippen LogP contribution >= 0.6 is 23.2 Å². The van der Waals surface area contributed by atoms with Gasteiger partial charge in [-0.2, -0.15) is 0 Å². The Morgan fingerprint density at radius 3 is 2.57 bits per heavy atom. The van der Waals surface area contributed by atoms with Crippen LogP contribution in [-0.4, -0.2) is 15.3 Å². The van der Waals surface area contributed by atoms with Gasteiger partial charge in [0.25, 0.3) is 11.7 Å². The van der Waals surface area contributed by atoms with Gasteiger partial charge in [0.2, 0.25) is 0 Å². The number of aromatic hydroxyl groups is 1. The molecule has 0 spiro atoms. The van der Waals surface area contributed by atoms with Crippen LogP contribution < -0.4 is 0 Å². The highest BCUT2D eigenvalue weighted by molar-refractivity contribution is 6.68. The summed E-state index contributed by atoms with van der Waals surface area (Å²) in [5.74, 6) is -0.772. The predicted molar refractivity (Wildman–Crippen MR) is 46.1 cm³/mol. The van der Waals surface area contributed by atoms with Crippen LogP contribution in [0.3, 0.4) is 0 Å². The van der Waals surface area contributed by atoms with Crippen LogP contribution in [0.2, 0.25) is 5.02 Å². The number of aromatic nitrogens is 1. The Hall–Kier alpha value is -0.940. The van der Waals surface area contributed by atoms with Crippen LogP contribution in [0.25, 0.3) is 0 Å². The zero-order chi connectivity index (χ0) is 10.9. The Bertz CT molecular complexity index is 384. The van der Waals surface area contributed by atoms with E-state index >= 15 is 0 Å². The summed E-state index contributed by atoms with van der Waals surface area (Å²) in [4.78, 5) is 14.0.